The van der Waals surface area contributed by atoms with Crippen LogP contribution in [0.15, 0.2) is 71.0 Å². The zero-order valence-corrected chi connectivity index (χ0v) is 18.4. The maximum absolute atomic E-state index is 9.76. The van der Waals surface area contributed by atoms with Crippen molar-refractivity contribution in [3.8, 4) is 0 Å². The van der Waals surface area contributed by atoms with Crippen molar-refractivity contribution in [3.63, 3.8) is 0 Å². The van der Waals surface area contributed by atoms with Gasteiger partial charge >= 0.3 is 0 Å². The van der Waals surface area contributed by atoms with Crippen LogP contribution in [-0.2, 0) is 13.1 Å². The summed E-state index contributed by atoms with van der Waals surface area (Å²) < 4.78 is 0. The molecule has 2 aromatic carbocycles. The molecule has 2 N–H and O–H groups in total. The van der Waals surface area contributed by atoms with Gasteiger partial charge in [0.1, 0.15) is 0 Å². The molecule has 8 nitrogen and oxygen atoms in total. The standard InChI is InChI=1S/C24H32N6O2/c31-25-23(29-15-11-27(12-16-29)19-21-7-3-1-4-8-21)24(26-32)30-17-13-28(14-18-30)20-22-9-5-2-6-10-22/h1-10,31-32H,11-20H2/b25-23+,26-24+. The molecule has 4 rings (SSSR count). The van der Waals surface area contributed by atoms with Gasteiger partial charge in [0, 0.05) is 65.4 Å². The fraction of sp³-hybridized carbons (Fsp3) is 0.417. The molecular weight excluding hydrogens is 404 g/mol. The van der Waals surface area contributed by atoms with Crippen LogP contribution in [0.4, 0.5) is 0 Å². The highest BCUT2D eigenvalue weighted by molar-refractivity contribution is 6.39. The highest BCUT2D eigenvalue weighted by atomic mass is 16.4. The van der Waals surface area contributed by atoms with Crippen LogP contribution >= 0.6 is 0 Å². The minimum absolute atomic E-state index is 0.350. The fourth-order valence-electron chi connectivity index (χ4n) is 4.42. The number of piperazine rings is 2. The van der Waals surface area contributed by atoms with Gasteiger partial charge in [-0.1, -0.05) is 71.0 Å². The molecule has 0 aromatic heterocycles. The molecule has 2 saturated heterocycles. The Kier molecular flexibility index (Phi) is 7.58. The Morgan fingerprint density at radius 2 is 0.906 bits per heavy atom. The SMILES string of the molecule is O/N=C(\C(=N/O)N1CCN(Cc2ccccc2)CC1)N1CCN(Cc2ccccc2)CC1. The highest BCUT2D eigenvalue weighted by Crippen LogP contribution is 2.13. The molecular formula is C24H32N6O2. The number of amidine groups is 2. The summed E-state index contributed by atoms with van der Waals surface area (Å²) in [5, 5.41) is 26.6. The molecule has 0 unspecified atom stereocenters. The smallest absolute Gasteiger partial charge is 0.214 e. The van der Waals surface area contributed by atoms with E-state index >= 15 is 0 Å². The molecule has 2 aromatic rings. The number of nitrogens with zero attached hydrogens (tertiary/aromatic N) is 6. The van der Waals surface area contributed by atoms with Gasteiger partial charge in [-0.3, -0.25) is 9.80 Å². The molecule has 0 radical (unpaired) electrons. The van der Waals surface area contributed by atoms with Crippen LogP contribution in [0.2, 0.25) is 0 Å². The summed E-state index contributed by atoms with van der Waals surface area (Å²) in [7, 11) is 0. The Morgan fingerprint density at radius 3 is 1.22 bits per heavy atom. The molecule has 0 aliphatic carbocycles. The number of benzene rings is 2. The largest absolute Gasteiger partial charge is 0.409 e. The molecule has 0 saturated carbocycles. The van der Waals surface area contributed by atoms with Crippen molar-refractivity contribution in [2.45, 2.75) is 13.1 Å². The summed E-state index contributed by atoms with van der Waals surface area (Å²) in [6.07, 6.45) is 0. The predicted molar refractivity (Wildman–Crippen MR) is 125 cm³/mol. The summed E-state index contributed by atoms with van der Waals surface area (Å²) in [4.78, 5) is 8.79. The van der Waals surface area contributed by atoms with Gasteiger partial charge in [-0.2, -0.15) is 0 Å². The van der Waals surface area contributed by atoms with E-state index in [9.17, 15) is 10.4 Å². The van der Waals surface area contributed by atoms with Crippen LogP contribution < -0.4 is 0 Å². The first-order valence-corrected chi connectivity index (χ1v) is 11.2. The molecule has 0 spiro atoms. The van der Waals surface area contributed by atoms with Crippen molar-refractivity contribution in [1.82, 2.24) is 19.6 Å². The maximum Gasteiger partial charge on any atom is 0.214 e. The average molecular weight is 437 g/mol. The van der Waals surface area contributed by atoms with Crippen LogP contribution in [0.3, 0.4) is 0 Å². The molecule has 170 valence electrons. The van der Waals surface area contributed by atoms with Gasteiger partial charge in [0.25, 0.3) is 0 Å². The highest BCUT2D eigenvalue weighted by Gasteiger charge is 2.29. The van der Waals surface area contributed by atoms with E-state index in [-0.39, 0.29) is 0 Å². The van der Waals surface area contributed by atoms with Crippen molar-refractivity contribution < 1.29 is 10.4 Å². The van der Waals surface area contributed by atoms with Crippen LogP contribution in [0, 0.1) is 0 Å². The number of oxime groups is 2. The van der Waals surface area contributed by atoms with E-state index in [0.29, 0.717) is 11.7 Å². The van der Waals surface area contributed by atoms with E-state index in [0.717, 1.165) is 65.4 Å². The number of rotatable bonds is 4. The lowest BCUT2D eigenvalue weighted by molar-refractivity contribution is 0.162. The minimum Gasteiger partial charge on any atom is -0.409 e. The summed E-state index contributed by atoms with van der Waals surface area (Å²) >= 11 is 0. The van der Waals surface area contributed by atoms with E-state index in [2.05, 4.69) is 68.6 Å². The lowest BCUT2D eigenvalue weighted by atomic mass is 10.2. The van der Waals surface area contributed by atoms with Crippen molar-refractivity contribution >= 4 is 11.7 Å². The topological polar surface area (TPSA) is 78.1 Å². The zero-order chi connectivity index (χ0) is 22.2. The third-order valence-corrected chi connectivity index (χ3v) is 6.23. The van der Waals surface area contributed by atoms with Crippen LogP contribution in [0.1, 0.15) is 11.1 Å². The van der Waals surface area contributed by atoms with Crippen molar-refractivity contribution in [1.29, 1.82) is 0 Å². The summed E-state index contributed by atoms with van der Waals surface area (Å²) in [6, 6.07) is 20.9. The maximum atomic E-state index is 9.76. The van der Waals surface area contributed by atoms with Crippen molar-refractivity contribution in [3.05, 3.63) is 71.8 Å². The molecule has 2 fully saturated rings. The lowest BCUT2D eigenvalue weighted by Gasteiger charge is -2.39. The van der Waals surface area contributed by atoms with Crippen molar-refractivity contribution in [2.24, 2.45) is 10.3 Å². The Morgan fingerprint density at radius 1 is 0.562 bits per heavy atom. The predicted octanol–water partition coefficient (Wildman–Crippen LogP) is 2.20. The van der Waals surface area contributed by atoms with E-state index in [1.807, 2.05) is 21.9 Å². The van der Waals surface area contributed by atoms with Crippen molar-refractivity contribution in [2.75, 3.05) is 52.4 Å². The monoisotopic (exact) mass is 436 g/mol. The van der Waals surface area contributed by atoms with Gasteiger partial charge in [0.15, 0.2) is 0 Å². The Labute approximate surface area is 189 Å². The van der Waals surface area contributed by atoms with E-state index in [1.165, 1.54) is 11.1 Å². The molecule has 32 heavy (non-hydrogen) atoms. The quantitative estimate of drug-likeness (QED) is 0.331. The first-order valence-electron chi connectivity index (χ1n) is 11.2. The van der Waals surface area contributed by atoms with Gasteiger partial charge < -0.3 is 20.2 Å². The third kappa shape index (κ3) is 5.57. The normalized spacial score (nSPS) is 19.4. The number of hydrogen-bond acceptors (Lipinski definition) is 6. The van der Waals surface area contributed by atoms with Crippen LogP contribution in [-0.4, -0.2) is 94.0 Å². The summed E-state index contributed by atoms with van der Waals surface area (Å²) in [5.74, 6) is 0.701. The second kappa shape index (κ2) is 11.0. The van der Waals surface area contributed by atoms with Gasteiger partial charge in [-0.05, 0) is 11.1 Å². The molecule has 0 amide bonds. The first kappa shape index (κ1) is 22.1. The number of hydrogen-bond donors (Lipinski definition) is 2. The second-order valence-corrected chi connectivity index (χ2v) is 8.34. The molecule has 0 atom stereocenters. The van der Waals surface area contributed by atoms with Crippen LogP contribution in [0.25, 0.3) is 0 Å². The molecule has 2 aliphatic heterocycles. The molecule has 2 heterocycles. The molecule has 8 heteroatoms. The Balaban J connectivity index is 1.29. The zero-order valence-electron chi connectivity index (χ0n) is 18.4. The van der Waals surface area contributed by atoms with Gasteiger partial charge in [0.2, 0.25) is 11.7 Å². The third-order valence-electron chi connectivity index (χ3n) is 6.23. The molecule has 2 aliphatic rings. The summed E-state index contributed by atoms with van der Waals surface area (Å²) in [5.41, 5.74) is 2.59. The molecule has 0 bridgehead atoms. The van der Waals surface area contributed by atoms with Gasteiger partial charge in [0.05, 0.1) is 0 Å². The van der Waals surface area contributed by atoms with Gasteiger partial charge in [-0.15, -0.1) is 0 Å². The average Bonchev–Trinajstić information content (AvgIpc) is 2.85. The van der Waals surface area contributed by atoms with Crippen LogP contribution in [0.5, 0.6) is 0 Å². The van der Waals surface area contributed by atoms with E-state index < -0.39 is 0 Å². The van der Waals surface area contributed by atoms with E-state index in [4.69, 9.17) is 0 Å². The lowest BCUT2D eigenvalue weighted by Crippen LogP contribution is -2.56. The first-order chi connectivity index (χ1) is 15.8. The summed E-state index contributed by atoms with van der Waals surface area (Å²) in [6.45, 7) is 8.13. The second-order valence-electron chi connectivity index (χ2n) is 8.34. The fourth-order valence-corrected chi connectivity index (χ4v) is 4.42. The Hall–Kier alpha value is -3.10. The van der Waals surface area contributed by atoms with E-state index in [1.54, 1.807) is 0 Å². The Bertz CT molecular complexity index is 814. The van der Waals surface area contributed by atoms with Gasteiger partial charge in [-0.25, -0.2) is 0 Å². The minimum atomic E-state index is 0.350.